The summed E-state index contributed by atoms with van der Waals surface area (Å²) in [6, 6.07) is 5.42. The van der Waals surface area contributed by atoms with E-state index in [0.717, 1.165) is 17.1 Å². The SMILES string of the molecule is CCCOc1ccc(Br)cc1C=C[N+](=O)[O-]. The van der Waals surface area contributed by atoms with E-state index in [9.17, 15) is 10.1 Å². The van der Waals surface area contributed by atoms with Gasteiger partial charge in [0.1, 0.15) is 5.75 Å². The molecule has 0 saturated heterocycles. The number of rotatable bonds is 5. The smallest absolute Gasteiger partial charge is 0.235 e. The first-order chi connectivity index (χ1) is 7.63. The van der Waals surface area contributed by atoms with Gasteiger partial charge < -0.3 is 4.74 Å². The van der Waals surface area contributed by atoms with Gasteiger partial charge in [0.2, 0.25) is 6.20 Å². The quantitative estimate of drug-likeness (QED) is 0.615. The van der Waals surface area contributed by atoms with Gasteiger partial charge in [-0.25, -0.2) is 0 Å². The predicted molar refractivity (Wildman–Crippen MR) is 66.0 cm³/mol. The van der Waals surface area contributed by atoms with Crippen molar-refractivity contribution in [1.29, 1.82) is 0 Å². The van der Waals surface area contributed by atoms with Gasteiger partial charge in [0, 0.05) is 16.1 Å². The van der Waals surface area contributed by atoms with E-state index < -0.39 is 4.92 Å². The molecule has 0 N–H and O–H groups in total. The van der Waals surface area contributed by atoms with Crippen molar-refractivity contribution in [3.63, 3.8) is 0 Å². The maximum absolute atomic E-state index is 10.2. The summed E-state index contributed by atoms with van der Waals surface area (Å²) in [6.07, 6.45) is 3.23. The highest BCUT2D eigenvalue weighted by molar-refractivity contribution is 9.10. The van der Waals surface area contributed by atoms with Crippen LogP contribution < -0.4 is 4.74 Å². The van der Waals surface area contributed by atoms with Crippen molar-refractivity contribution in [2.45, 2.75) is 13.3 Å². The van der Waals surface area contributed by atoms with Crippen LogP contribution in [0, 0.1) is 10.1 Å². The lowest BCUT2D eigenvalue weighted by atomic mass is 10.2. The minimum atomic E-state index is -0.496. The van der Waals surface area contributed by atoms with Crippen LogP contribution in [0.5, 0.6) is 5.75 Å². The summed E-state index contributed by atoms with van der Waals surface area (Å²) < 4.78 is 6.34. The number of hydrogen-bond acceptors (Lipinski definition) is 3. The van der Waals surface area contributed by atoms with Gasteiger partial charge in [-0.2, -0.15) is 0 Å². The Balaban J connectivity index is 2.93. The van der Waals surface area contributed by atoms with Crippen LogP contribution >= 0.6 is 15.9 Å². The molecule has 0 unspecified atom stereocenters. The molecule has 0 atom stereocenters. The molecule has 1 aromatic carbocycles. The van der Waals surface area contributed by atoms with Crippen LogP contribution in [0.3, 0.4) is 0 Å². The van der Waals surface area contributed by atoms with Crippen molar-refractivity contribution in [3.8, 4) is 5.75 Å². The summed E-state index contributed by atoms with van der Waals surface area (Å²) in [5.74, 6) is 0.656. The van der Waals surface area contributed by atoms with E-state index >= 15 is 0 Å². The molecule has 0 aliphatic heterocycles. The summed E-state index contributed by atoms with van der Waals surface area (Å²) in [5.41, 5.74) is 0.694. The Morgan fingerprint density at radius 1 is 1.56 bits per heavy atom. The number of nitrogens with zero attached hydrogens (tertiary/aromatic N) is 1. The van der Waals surface area contributed by atoms with E-state index in [2.05, 4.69) is 15.9 Å². The van der Waals surface area contributed by atoms with Crippen molar-refractivity contribution in [3.05, 3.63) is 44.5 Å². The van der Waals surface area contributed by atoms with Gasteiger partial charge in [0.25, 0.3) is 0 Å². The first kappa shape index (κ1) is 12.7. The average molecular weight is 286 g/mol. The number of ether oxygens (including phenoxy) is 1. The zero-order valence-corrected chi connectivity index (χ0v) is 10.4. The number of benzene rings is 1. The van der Waals surface area contributed by atoms with E-state index in [4.69, 9.17) is 4.74 Å². The van der Waals surface area contributed by atoms with Crippen LogP contribution in [0.15, 0.2) is 28.9 Å². The van der Waals surface area contributed by atoms with Crippen LogP contribution in [0.4, 0.5) is 0 Å². The van der Waals surface area contributed by atoms with Crippen molar-refractivity contribution < 1.29 is 9.66 Å². The van der Waals surface area contributed by atoms with E-state index in [1.54, 1.807) is 12.1 Å². The van der Waals surface area contributed by atoms with Crippen LogP contribution in [-0.4, -0.2) is 11.5 Å². The third-order valence-corrected chi connectivity index (χ3v) is 2.30. The van der Waals surface area contributed by atoms with Crippen LogP contribution in [-0.2, 0) is 0 Å². The molecular weight excluding hydrogens is 274 g/mol. The van der Waals surface area contributed by atoms with Crippen LogP contribution in [0.2, 0.25) is 0 Å². The first-order valence-electron chi connectivity index (χ1n) is 4.87. The maximum atomic E-state index is 10.2. The molecule has 0 fully saturated rings. The molecule has 5 heteroatoms. The minimum absolute atomic E-state index is 0.496. The highest BCUT2D eigenvalue weighted by atomic mass is 79.9. The lowest BCUT2D eigenvalue weighted by Crippen LogP contribution is -1.97. The molecule has 0 heterocycles. The molecule has 0 spiro atoms. The van der Waals surface area contributed by atoms with Crippen molar-refractivity contribution in [1.82, 2.24) is 0 Å². The molecule has 0 aromatic heterocycles. The van der Waals surface area contributed by atoms with Gasteiger partial charge in [0.15, 0.2) is 0 Å². The van der Waals surface area contributed by atoms with Crippen molar-refractivity contribution in [2.24, 2.45) is 0 Å². The zero-order valence-electron chi connectivity index (χ0n) is 8.85. The Morgan fingerprint density at radius 2 is 2.31 bits per heavy atom. The normalized spacial score (nSPS) is 10.6. The number of halogens is 1. The summed E-state index contributed by atoms with van der Waals surface area (Å²) in [4.78, 5) is 9.75. The van der Waals surface area contributed by atoms with E-state index in [1.165, 1.54) is 6.08 Å². The number of nitro groups is 1. The molecule has 1 rings (SSSR count). The second-order valence-corrected chi connectivity index (χ2v) is 4.05. The molecule has 0 bridgehead atoms. The Bertz CT molecular complexity index is 404. The molecule has 0 radical (unpaired) electrons. The lowest BCUT2D eigenvalue weighted by Gasteiger charge is -2.07. The molecule has 16 heavy (non-hydrogen) atoms. The van der Waals surface area contributed by atoms with E-state index in [-0.39, 0.29) is 0 Å². The first-order valence-corrected chi connectivity index (χ1v) is 5.67. The van der Waals surface area contributed by atoms with Crippen molar-refractivity contribution >= 4 is 22.0 Å². The fourth-order valence-electron chi connectivity index (χ4n) is 1.13. The van der Waals surface area contributed by atoms with Gasteiger partial charge in [-0.1, -0.05) is 22.9 Å². The number of hydrogen-bond donors (Lipinski definition) is 0. The molecule has 1 aromatic rings. The highest BCUT2D eigenvalue weighted by Gasteiger charge is 2.02. The maximum Gasteiger partial charge on any atom is 0.235 e. The average Bonchev–Trinajstić information content (AvgIpc) is 2.25. The summed E-state index contributed by atoms with van der Waals surface area (Å²) >= 11 is 3.31. The van der Waals surface area contributed by atoms with Crippen LogP contribution in [0.1, 0.15) is 18.9 Å². The third kappa shape index (κ3) is 4.02. The lowest BCUT2D eigenvalue weighted by molar-refractivity contribution is -0.400. The third-order valence-electron chi connectivity index (χ3n) is 1.81. The van der Waals surface area contributed by atoms with E-state index in [1.807, 2.05) is 13.0 Å². The second kappa shape index (κ2) is 6.27. The fraction of sp³-hybridized carbons (Fsp3) is 0.273. The molecule has 86 valence electrons. The fourth-order valence-corrected chi connectivity index (χ4v) is 1.51. The summed E-state index contributed by atoms with van der Waals surface area (Å²) in [6.45, 7) is 2.60. The second-order valence-electron chi connectivity index (χ2n) is 3.13. The van der Waals surface area contributed by atoms with Crippen LogP contribution in [0.25, 0.3) is 6.08 Å². The van der Waals surface area contributed by atoms with Gasteiger partial charge in [-0.3, -0.25) is 10.1 Å². The summed E-state index contributed by atoms with van der Waals surface area (Å²) in [5, 5.41) is 10.2. The molecule has 4 nitrogen and oxygen atoms in total. The molecule has 0 aliphatic carbocycles. The Hall–Kier alpha value is -1.36. The van der Waals surface area contributed by atoms with Gasteiger partial charge in [0.05, 0.1) is 11.5 Å². The molecule has 0 saturated carbocycles. The molecular formula is C11H12BrNO3. The largest absolute Gasteiger partial charge is 0.493 e. The van der Waals surface area contributed by atoms with Gasteiger partial charge >= 0.3 is 0 Å². The minimum Gasteiger partial charge on any atom is -0.493 e. The Kier molecular flexibility index (Phi) is 4.98. The Labute approximate surface area is 102 Å². The molecule has 0 aliphatic rings. The van der Waals surface area contributed by atoms with Gasteiger partial charge in [-0.05, 0) is 24.6 Å². The molecule has 0 amide bonds. The zero-order chi connectivity index (χ0) is 12.0. The van der Waals surface area contributed by atoms with Crippen molar-refractivity contribution in [2.75, 3.05) is 6.61 Å². The monoisotopic (exact) mass is 285 g/mol. The topological polar surface area (TPSA) is 52.4 Å². The standard InChI is InChI=1S/C11H12BrNO3/c1-2-7-16-11-4-3-10(12)8-9(11)5-6-13(14)15/h3-6,8H,2,7H2,1H3. The highest BCUT2D eigenvalue weighted by Crippen LogP contribution is 2.24. The van der Waals surface area contributed by atoms with E-state index in [0.29, 0.717) is 17.9 Å². The summed E-state index contributed by atoms with van der Waals surface area (Å²) in [7, 11) is 0. The Morgan fingerprint density at radius 3 is 2.94 bits per heavy atom. The predicted octanol–water partition coefficient (Wildman–Crippen LogP) is 3.49. The van der Waals surface area contributed by atoms with Gasteiger partial charge in [-0.15, -0.1) is 0 Å².